The fraction of sp³-hybridized carbons (Fsp3) is 0.808. The van der Waals surface area contributed by atoms with Crippen LogP contribution in [-0.2, 0) is 33.4 Å². The van der Waals surface area contributed by atoms with Gasteiger partial charge in [0.2, 0.25) is 0 Å². The molecule has 5 saturated carbocycles. The molecule has 2 bridgehead atoms. The van der Waals surface area contributed by atoms with Crippen LogP contribution in [0.4, 0.5) is 4.79 Å². The van der Waals surface area contributed by atoms with Gasteiger partial charge >= 0.3 is 6.09 Å². The topological polar surface area (TPSA) is 116 Å². The summed E-state index contributed by atoms with van der Waals surface area (Å²) in [7, 11) is -3.68. The molecule has 0 aromatic heterocycles. The normalized spacial score (nSPS) is 40.6. The van der Waals surface area contributed by atoms with Gasteiger partial charge in [-0.3, -0.25) is 13.8 Å². The second-order valence-electron chi connectivity index (χ2n) is 11.9. The predicted octanol–water partition coefficient (Wildman–Crippen LogP) is 2.74. The van der Waals surface area contributed by atoms with Crippen LogP contribution in [0.5, 0.6) is 0 Å². The van der Waals surface area contributed by atoms with Crippen LogP contribution in [0, 0.1) is 34.0 Å². The van der Waals surface area contributed by atoms with E-state index in [0.29, 0.717) is 57.6 Å². The summed E-state index contributed by atoms with van der Waals surface area (Å²) >= 11 is 0. The summed E-state index contributed by atoms with van der Waals surface area (Å²) in [5.74, 6) is -0.686. The van der Waals surface area contributed by atoms with E-state index in [9.17, 15) is 22.8 Å². The summed E-state index contributed by atoms with van der Waals surface area (Å²) in [6, 6.07) is 0. The van der Waals surface area contributed by atoms with Crippen LogP contribution in [0.2, 0.25) is 0 Å². The van der Waals surface area contributed by atoms with Gasteiger partial charge in [-0.1, -0.05) is 19.9 Å². The Morgan fingerprint density at radius 3 is 2.56 bits per heavy atom. The van der Waals surface area contributed by atoms with Gasteiger partial charge in [-0.15, -0.1) is 0 Å². The maximum Gasteiger partial charge on any atom is 0.409 e. The van der Waals surface area contributed by atoms with Crippen molar-refractivity contribution in [2.45, 2.75) is 51.9 Å². The molecule has 1 amide bonds. The summed E-state index contributed by atoms with van der Waals surface area (Å²) < 4.78 is 40.4. The number of nitrogens with zero attached hydrogens (tertiary/aromatic N) is 1. The lowest BCUT2D eigenvalue weighted by Crippen LogP contribution is -2.69. The highest BCUT2D eigenvalue weighted by Gasteiger charge is 2.72. The molecule has 6 aliphatic rings. The molecule has 6 rings (SSSR count). The van der Waals surface area contributed by atoms with Gasteiger partial charge in [-0.05, 0) is 60.8 Å². The Hall–Kier alpha value is -1.78. The summed E-state index contributed by atoms with van der Waals surface area (Å²) in [6.07, 6.45) is 4.92. The number of carbonyl (C=O) groups excluding carboxylic acids is 3. The number of rotatable bonds is 5. The number of Topliss-reactive ketones (excluding diaryl/α,β-unsaturated/α-hetero) is 2. The van der Waals surface area contributed by atoms with E-state index in [0.717, 1.165) is 19.1 Å². The van der Waals surface area contributed by atoms with Crippen LogP contribution in [0.15, 0.2) is 12.2 Å². The van der Waals surface area contributed by atoms with E-state index in [-0.39, 0.29) is 49.0 Å². The van der Waals surface area contributed by atoms with Crippen LogP contribution in [-0.4, -0.2) is 76.8 Å². The minimum absolute atomic E-state index is 0.0307. The number of allylic oxidation sites excluding steroid dienone is 1. The molecule has 6 fully saturated rings. The Balaban J connectivity index is 1.53. The molecule has 1 spiro atoms. The first-order chi connectivity index (χ1) is 16.9. The first-order valence-corrected chi connectivity index (χ1v) is 14.9. The lowest BCUT2D eigenvalue weighted by molar-refractivity contribution is -0.200. The van der Waals surface area contributed by atoms with E-state index in [2.05, 4.69) is 6.58 Å². The number of morpholine rings is 1. The number of hydrogen-bond donors (Lipinski definition) is 0. The molecule has 0 N–H and O–H groups in total. The molecular weight excluding hydrogens is 486 g/mol. The number of carbonyl (C=O) groups is 3. The van der Waals surface area contributed by atoms with Gasteiger partial charge in [0.1, 0.15) is 5.78 Å². The second kappa shape index (κ2) is 8.91. The quantitative estimate of drug-likeness (QED) is 0.307. The first kappa shape index (κ1) is 25.9. The van der Waals surface area contributed by atoms with Crippen molar-refractivity contribution in [2.75, 3.05) is 45.8 Å². The highest BCUT2D eigenvalue weighted by molar-refractivity contribution is 7.85. The Morgan fingerprint density at radius 1 is 1.14 bits per heavy atom. The lowest BCUT2D eigenvalue weighted by atomic mass is 9.36. The standard InChI is InChI=1S/C26H37NO8S/c1-17-18-5-8-26(22(17)29)20(13-18)25(16-34-23(30)27-9-11-33-12-10-27)7-4-6-24(2,15-35-36(3,31)32)19(25)14-21(26)28/h18-20H,1,4-16H2,2-3H3/t18-,19?,20?,24+,25+,26?/m1/s1. The van der Waals surface area contributed by atoms with Crippen LogP contribution in [0.1, 0.15) is 51.9 Å². The number of hydrogen-bond acceptors (Lipinski definition) is 8. The van der Waals surface area contributed by atoms with Gasteiger partial charge in [0.15, 0.2) is 5.78 Å². The van der Waals surface area contributed by atoms with E-state index < -0.39 is 32.5 Å². The van der Waals surface area contributed by atoms with Crippen molar-refractivity contribution in [3.63, 3.8) is 0 Å². The van der Waals surface area contributed by atoms with Crippen molar-refractivity contribution in [1.82, 2.24) is 4.90 Å². The molecule has 10 heteroatoms. The number of fused-ring (bicyclic) bond motifs is 3. The SMILES string of the molecule is C=C1C(=O)C23CC[C@@H]1CC2[C@]1(COC(=O)N2CCOCC2)CCC[C@@](C)(COS(C)(=O)=O)C1CC3=O. The van der Waals surface area contributed by atoms with Gasteiger partial charge < -0.3 is 14.4 Å². The van der Waals surface area contributed by atoms with Crippen LogP contribution in [0.25, 0.3) is 0 Å². The van der Waals surface area contributed by atoms with Crippen molar-refractivity contribution in [1.29, 1.82) is 0 Å². The predicted molar refractivity (Wildman–Crippen MR) is 129 cm³/mol. The molecule has 1 saturated heterocycles. The third-order valence-corrected chi connectivity index (χ3v) is 10.6. The Kier molecular flexibility index (Phi) is 6.40. The van der Waals surface area contributed by atoms with Crippen molar-refractivity contribution in [3.05, 3.63) is 12.2 Å². The van der Waals surface area contributed by atoms with Crippen LogP contribution >= 0.6 is 0 Å². The van der Waals surface area contributed by atoms with Crippen molar-refractivity contribution < 1.29 is 36.5 Å². The Morgan fingerprint density at radius 2 is 1.86 bits per heavy atom. The number of ketones is 2. The fourth-order valence-corrected chi connectivity index (χ4v) is 8.73. The van der Waals surface area contributed by atoms with E-state index in [1.54, 1.807) is 4.90 Å². The summed E-state index contributed by atoms with van der Waals surface area (Å²) in [4.78, 5) is 42.2. The third-order valence-electron chi connectivity index (χ3n) is 10.0. The van der Waals surface area contributed by atoms with E-state index >= 15 is 0 Å². The minimum atomic E-state index is -3.68. The van der Waals surface area contributed by atoms with Gasteiger partial charge in [0.05, 0.1) is 38.1 Å². The number of ether oxygens (including phenoxy) is 2. The minimum Gasteiger partial charge on any atom is -0.449 e. The smallest absolute Gasteiger partial charge is 0.409 e. The molecule has 0 aromatic carbocycles. The third kappa shape index (κ3) is 3.95. The monoisotopic (exact) mass is 523 g/mol. The zero-order valence-corrected chi connectivity index (χ0v) is 22.1. The summed E-state index contributed by atoms with van der Waals surface area (Å²) in [6.45, 7) is 7.94. The fourth-order valence-electron chi connectivity index (χ4n) is 8.24. The van der Waals surface area contributed by atoms with E-state index in [4.69, 9.17) is 13.7 Å². The average Bonchev–Trinajstić information content (AvgIpc) is 2.85. The highest BCUT2D eigenvalue weighted by Crippen LogP contribution is 2.70. The maximum atomic E-state index is 13.9. The van der Waals surface area contributed by atoms with Gasteiger partial charge in [-0.25, -0.2) is 4.79 Å². The van der Waals surface area contributed by atoms with Crippen LogP contribution in [0.3, 0.4) is 0 Å². The van der Waals surface area contributed by atoms with Crippen LogP contribution < -0.4 is 0 Å². The molecule has 1 heterocycles. The molecule has 0 radical (unpaired) electrons. The summed E-state index contributed by atoms with van der Waals surface area (Å²) in [5, 5.41) is 0. The largest absolute Gasteiger partial charge is 0.449 e. The van der Waals surface area contributed by atoms with Gasteiger partial charge in [0.25, 0.3) is 10.1 Å². The van der Waals surface area contributed by atoms with Crippen molar-refractivity contribution >= 4 is 27.8 Å². The average molecular weight is 524 g/mol. The molecule has 1 aliphatic heterocycles. The van der Waals surface area contributed by atoms with Crippen molar-refractivity contribution in [3.8, 4) is 0 Å². The summed E-state index contributed by atoms with van der Waals surface area (Å²) in [5.41, 5.74) is -1.77. The molecule has 0 aromatic rings. The molecule has 200 valence electrons. The van der Waals surface area contributed by atoms with Gasteiger partial charge in [-0.2, -0.15) is 8.42 Å². The molecule has 3 unspecified atom stereocenters. The molecule has 6 atom stereocenters. The second-order valence-corrected chi connectivity index (χ2v) is 13.5. The van der Waals surface area contributed by atoms with E-state index in [1.165, 1.54) is 0 Å². The lowest BCUT2D eigenvalue weighted by Gasteiger charge is -2.66. The molecular formula is C26H37NO8S. The number of amides is 1. The zero-order chi connectivity index (χ0) is 25.9. The highest BCUT2D eigenvalue weighted by atomic mass is 32.2. The molecule has 5 aliphatic carbocycles. The first-order valence-electron chi connectivity index (χ1n) is 13.0. The molecule has 9 nitrogen and oxygen atoms in total. The zero-order valence-electron chi connectivity index (χ0n) is 21.3. The van der Waals surface area contributed by atoms with Gasteiger partial charge in [0, 0.05) is 24.9 Å². The molecule has 36 heavy (non-hydrogen) atoms. The Labute approximate surface area is 213 Å². The Bertz CT molecular complexity index is 1080. The maximum absolute atomic E-state index is 13.9. The van der Waals surface area contributed by atoms with E-state index in [1.807, 2.05) is 6.92 Å². The van der Waals surface area contributed by atoms with Crippen molar-refractivity contribution in [2.24, 2.45) is 34.0 Å².